The molecule has 0 saturated carbocycles. The minimum atomic E-state index is -1.02. The number of alkyl halides is 1. The third kappa shape index (κ3) is 3.86. The molecule has 0 spiro atoms. The molecule has 6 nitrogen and oxygen atoms in total. The smallest absolute Gasteiger partial charge is 0.252 e. The number of nitrogens with one attached hydrogen (secondary N) is 2. The van der Waals surface area contributed by atoms with Gasteiger partial charge in [0.05, 0.1) is 17.3 Å². The van der Waals surface area contributed by atoms with Gasteiger partial charge in [0, 0.05) is 36.7 Å². The Morgan fingerprint density at radius 1 is 1.38 bits per heavy atom. The molecule has 2 atom stereocenters. The number of halogens is 1. The second-order valence-corrected chi connectivity index (χ2v) is 5.84. The van der Waals surface area contributed by atoms with Gasteiger partial charge in [-0.1, -0.05) is 6.07 Å². The highest BCUT2D eigenvalue weighted by Gasteiger charge is 2.25. The van der Waals surface area contributed by atoms with Crippen molar-refractivity contribution in [2.45, 2.75) is 25.1 Å². The van der Waals surface area contributed by atoms with E-state index in [1.165, 1.54) is 6.20 Å². The summed E-state index contributed by atoms with van der Waals surface area (Å²) in [5.41, 5.74) is 7.82. The number of hydrogen-bond acceptors (Lipinski definition) is 5. The zero-order valence-corrected chi connectivity index (χ0v) is 13.2. The number of aromatic nitrogens is 2. The minimum absolute atomic E-state index is 0.269. The number of rotatable bonds is 5. The van der Waals surface area contributed by atoms with Crippen molar-refractivity contribution >= 4 is 11.6 Å². The highest BCUT2D eigenvalue weighted by atomic mass is 19.1. The predicted octanol–water partition coefficient (Wildman–Crippen LogP) is 1.28. The van der Waals surface area contributed by atoms with Gasteiger partial charge in [-0.25, -0.2) is 4.39 Å². The third-order valence-electron chi connectivity index (χ3n) is 4.06. The SMILES string of the molecule is NC(=O)c1cnc(Cc2ccccn2)cc1N[C@H]1CCNC[C@H]1F. The number of hydrogen-bond donors (Lipinski definition) is 3. The molecule has 126 valence electrons. The average Bonchev–Trinajstić information content (AvgIpc) is 2.58. The van der Waals surface area contributed by atoms with Gasteiger partial charge in [-0.3, -0.25) is 14.8 Å². The van der Waals surface area contributed by atoms with Crippen molar-refractivity contribution in [1.82, 2.24) is 15.3 Å². The van der Waals surface area contributed by atoms with Crippen LogP contribution in [-0.4, -0.2) is 41.2 Å². The third-order valence-corrected chi connectivity index (χ3v) is 4.06. The standard InChI is InChI=1S/C17H20FN5O/c18-14-10-20-6-4-15(14)23-16-8-12(22-9-13(16)17(19)24)7-11-3-1-2-5-21-11/h1-3,5,8-9,14-15,20H,4,6-7,10H2,(H2,19,24)(H,22,23)/t14-,15+/m1/s1. The molecule has 0 aliphatic carbocycles. The lowest BCUT2D eigenvalue weighted by molar-refractivity contribution is 0.100. The Kier molecular flexibility index (Phi) is 5.00. The minimum Gasteiger partial charge on any atom is -0.379 e. The number of anilines is 1. The van der Waals surface area contributed by atoms with Crippen LogP contribution >= 0.6 is 0 Å². The van der Waals surface area contributed by atoms with Crippen molar-refractivity contribution in [2.75, 3.05) is 18.4 Å². The molecule has 3 rings (SSSR count). The van der Waals surface area contributed by atoms with E-state index in [2.05, 4.69) is 20.6 Å². The summed E-state index contributed by atoms with van der Waals surface area (Å²) in [5.74, 6) is -0.585. The molecule has 2 aromatic rings. The first-order chi connectivity index (χ1) is 11.6. The zero-order chi connectivity index (χ0) is 16.9. The van der Waals surface area contributed by atoms with Gasteiger partial charge in [-0.05, 0) is 31.2 Å². The molecule has 1 fully saturated rings. The van der Waals surface area contributed by atoms with Crippen LogP contribution in [0.2, 0.25) is 0 Å². The molecule has 7 heteroatoms. The van der Waals surface area contributed by atoms with Gasteiger partial charge in [0.25, 0.3) is 5.91 Å². The number of carbonyl (C=O) groups excluding carboxylic acids is 1. The normalized spacial score (nSPS) is 20.5. The summed E-state index contributed by atoms with van der Waals surface area (Å²) in [4.78, 5) is 20.2. The first-order valence-corrected chi connectivity index (χ1v) is 7.93. The van der Waals surface area contributed by atoms with E-state index in [-0.39, 0.29) is 11.6 Å². The van der Waals surface area contributed by atoms with E-state index in [4.69, 9.17) is 5.73 Å². The number of primary amides is 1. The molecule has 1 saturated heterocycles. The number of carbonyl (C=O) groups is 1. The summed E-state index contributed by atoms with van der Waals surface area (Å²) in [7, 11) is 0. The van der Waals surface area contributed by atoms with E-state index in [9.17, 15) is 9.18 Å². The summed E-state index contributed by atoms with van der Waals surface area (Å²) in [6.45, 7) is 1.03. The Labute approximate surface area is 139 Å². The van der Waals surface area contributed by atoms with Crippen molar-refractivity contribution in [3.8, 4) is 0 Å². The molecule has 1 aliphatic heterocycles. The van der Waals surface area contributed by atoms with E-state index in [0.29, 0.717) is 25.1 Å². The van der Waals surface area contributed by atoms with Crippen LogP contribution < -0.4 is 16.4 Å². The Morgan fingerprint density at radius 3 is 2.96 bits per heavy atom. The maximum Gasteiger partial charge on any atom is 0.252 e. The molecule has 3 heterocycles. The maximum absolute atomic E-state index is 14.0. The lowest BCUT2D eigenvalue weighted by atomic mass is 10.0. The zero-order valence-electron chi connectivity index (χ0n) is 13.2. The Morgan fingerprint density at radius 2 is 2.25 bits per heavy atom. The summed E-state index contributed by atoms with van der Waals surface area (Å²) in [6, 6.07) is 7.06. The summed E-state index contributed by atoms with van der Waals surface area (Å²) in [6.07, 6.45) is 3.30. The fourth-order valence-electron chi connectivity index (χ4n) is 2.78. The van der Waals surface area contributed by atoms with Gasteiger partial charge in [0.15, 0.2) is 0 Å². The van der Waals surface area contributed by atoms with Crippen LogP contribution in [0, 0.1) is 0 Å². The number of pyridine rings is 2. The second kappa shape index (κ2) is 7.35. The van der Waals surface area contributed by atoms with Crippen molar-refractivity contribution < 1.29 is 9.18 Å². The van der Waals surface area contributed by atoms with Gasteiger partial charge in [0.2, 0.25) is 0 Å². The number of amides is 1. The van der Waals surface area contributed by atoms with Crippen molar-refractivity contribution in [1.29, 1.82) is 0 Å². The monoisotopic (exact) mass is 329 g/mol. The first-order valence-electron chi connectivity index (χ1n) is 7.93. The molecule has 1 amide bonds. The van der Waals surface area contributed by atoms with E-state index in [1.54, 1.807) is 12.3 Å². The molecule has 1 aliphatic rings. The Hall–Kier alpha value is -2.54. The van der Waals surface area contributed by atoms with Crippen LogP contribution in [0.5, 0.6) is 0 Å². The maximum atomic E-state index is 14.0. The fraction of sp³-hybridized carbons (Fsp3) is 0.353. The van der Waals surface area contributed by atoms with Gasteiger partial charge < -0.3 is 16.4 Å². The van der Waals surface area contributed by atoms with Crippen molar-refractivity contribution in [3.63, 3.8) is 0 Å². The molecule has 2 aromatic heterocycles. The Balaban J connectivity index is 1.84. The number of nitrogens with two attached hydrogens (primary N) is 1. The van der Waals surface area contributed by atoms with Crippen LogP contribution in [0.25, 0.3) is 0 Å². The highest BCUT2D eigenvalue weighted by molar-refractivity contribution is 5.98. The molecule has 0 radical (unpaired) electrons. The lowest BCUT2D eigenvalue weighted by Gasteiger charge is -2.29. The van der Waals surface area contributed by atoms with E-state index < -0.39 is 12.1 Å². The van der Waals surface area contributed by atoms with Gasteiger partial charge >= 0.3 is 0 Å². The topological polar surface area (TPSA) is 92.9 Å². The highest BCUT2D eigenvalue weighted by Crippen LogP contribution is 2.21. The van der Waals surface area contributed by atoms with Gasteiger partial charge in [0.1, 0.15) is 6.17 Å². The van der Waals surface area contributed by atoms with E-state index in [0.717, 1.165) is 17.9 Å². The molecular weight excluding hydrogens is 309 g/mol. The molecule has 0 unspecified atom stereocenters. The second-order valence-electron chi connectivity index (χ2n) is 5.84. The molecule has 0 aromatic carbocycles. The number of nitrogens with zero attached hydrogens (tertiary/aromatic N) is 2. The van der Waals surface area contributed by atoms with Gasteiger partial charge in [-0.2, -0.15) is 0 Å². The molecule has 0 bridgehead atoms. The summed E-state index contributed by atoms with van der Waals surface area (Å²) < 4.78 is 14.0. The molecule has 24 heavy (non-hydrogen) atoms. The van der Waals surface area contributed by atoms with E-state index >= 15 is 0 Å². The average molecular weight is 329 g/mol. The predicted molar refractivity (Wildman–Crippen MR) is 89.6 cm³/mol. The number of piperidine rings is 1. The quantitative estimate of drug-likeness (QED) is 0.768. The molecular formula is C17H20FN5O. The van der Waals surface area contributed by atoms with Crippen LogP contribution in [0.15, 0.2) is 36.7 Å². The largest absolute Gasteiger partial charge is 0.379 e. The lowest BCUT2D eigenvalue weighted by Crippen LogP contribution is -2.45. The first kappa shape index (κ1) is 16.3. The fourth-order valence-corrected chi connectivity index (χ4v) is 2.78. The van der Waals surface area contributed by atoms with Crippen molar-refractivity contribution in [3.05, 3.63) is 53.6 Å². The Bertz CT molecular complexity index is 709. The molecule has 4 N–H and O–H groups in total. The van der Waals surface area contributed by atoms with Crippen LogP contribution in [-0.2, 0) is 6.42 Å². The van der Waals surface area contributed by atoms with Crippen LogP contribution in [0.3, 0.4) is 0 Å². The summed E-state index contributed by atoms with van der Waals surface area (Å²) in [5, 5.41) is 6.13. The van der Waals surface area contributed by atoms with Gasteiger partial charge in [-0.15, -0.1) is 0 Å². The van der Waals surface area contributed by atoms with Crippen molar-refractivity contribution in [2.24, 2.45) is 5.73 Å². The summed E-state index contributed by atoms with van der Waals surface area (Å²) >= 11 is 0. The van der Waals surface area contributed by atoms with E-state index in [1.807, 2.05) is 18.2 Å². The van der Waals surface area contributed by atoms with Crippen LogP contribution in [0.4, 0.5) is 10.1 Å². The van der Waals surface area contributed by atoms with Crippen LogP contribution in [0.1, 0.15) is 28.2 Å².